The van der Waals surface area contributed by atoms with Gasteiger partial charge in [0.05, 0.1) is 0 Å². The van der Waals surface area contributed by atoms with E-state index in [-0.39, 0.29) is 24.7 Å². The van der Waals surface area contributed by atoms with Crippen molar-refractivity contribution in [3.8, 4) is 0 Å². The Bertz CT molecular complexity index is 225. The van der Waals surface area contributed by atoms with Crippen molar-refractivity contribution in [3.63, 3.8) is 0 Å². The summed E-state index contributed by atoms with van der Waals surface area (Å²) >= 11 is 0. The number of ketones is 1. The summed E-state index contributed by atoms with van der Waals surface area (Å²) in [6, 6.07) is 0. The van der Waals surface area contributed by atoms with Crippen LogP contribution in [0.4, 0.5) is 8.78 Å². The normalized spacial score (nSPS) is 38.5. The van der Waals surface area contributed by atoms with E-state index >= 15 is 0 Å². The van der Waals surface area contributed by atoms with Crippen LogP contribution in [-0.4, -0.2) is 11.7 Å². The molecule has 0 aromatic rings. The fourth-order valence-corrected chi connectivity index (χ4v) is 2.65. The average molecular weight is 188 g/mol. The first kappa shape index (κ1) is 9.10. The number of halogens is 2. The van der Waals surface area contributed by atoms with Crippen LogP contribution < -0.4 is 0 Å². The summed E-state index contributed by atoms with van der Waals surface area (Å²) in [5.74, 6) is -3.46. The van der Waals surface area contributed by atoms with Crippen LogP contribution in [0.15, 0.2) is 0 Å². The molecule has 2 aliphatic rings. The van der Waals surface area contributed by atoms with Crippen molar-refractivity contribution in [2.24, 2.45) is 11.8 Å². The molecular formula is C10H14F2O. The molecule has 2 aliphatic carbocycles. The predicted octanol–water partition coefficient (Wildman–Crippen LogP) is 2.79. The summed E-state index contributed by atoms with van der Waals surface area (Å²) < 4.78 is 26.0. The second kappa shape index (κ2) is 3.03. The minimum atomic E-state index is -3.02. The lowest BCUT2D eigenvalue weighted by atomic mass is 9.69. The van der Waals surface area contributed by atoms with Gasteiger partial charge >= 0.3 is 5.92 Å². The zero-order chi connectivity index (χ0) is 9.47. The minimum absolute atomic E-state index is 0.112. The van der Waals surface area contributed by atoms with Crippen LogP contribution in [0.2, 0.25) is 0 Å². The van der Waals surface area contributed by atoms with Gasteiger partial charge < -0.3 is 0 Å². The van der Waals surface area contributed by atoms with E-state index in [4.69, 9.17) is 0 Å². The van der Waals surface area contributed by atoms with Crippen LogP contribution in [0.1, 0.15) is 38.5 Å². The van der Waals surface area contributed by atoms with Crippen molar-refractivity contribution in [1.82, 2.24) is 0 Å². The summed E-state index contributed by atoms with van der Waals surface area (Å²) in [5, 5.41) is 0. The first-order chi connectivity index (χ1) is 6.09. The van der Waals surface area contributed by atoms with E-state index in [1.165, 1.54) is 0 Å². The van der Waals surface area contributed by atoms with Crippen LogP contribution in [0.5, 0.6) is 0 Å². The highest BCUT2D eigenvalue weighted by Gasteiger charge is 2.48. The Hall–Kier alpha value is -0.470. The first-order valence-electron chi connectivity index (χ1n) is 5.01. The third kappa shape index (κ3) is 1.61. The van der Waals surface area contributed by atoms with E-state index in [0.29, 0.717) is 0 Å². The van der Waals surface area contributed by atoms with E-state index in [1.807, 2.05) is 0 Å². The molecule has 0 radical (unpaired) electrons. The number of Topliss-reactive ketones (excluding diaryl/α,β-unsaturated/α-hetero) is 1. The van der Waals surface area contributed by atoms with Gasteiger partial charge in [-0.05, 0) is 24.7 Å². The predicted molar refractivity (Wildman–Crippen MR) is 44.6 cm³/mol. The Morgan fingerprint density at radius 2 is 1.77 bits per heavy atom. The lowest BCUT2D eigenvalue weighted by Crippen LogP contribution is -2.41. The molecule has 0 aromatic heterocycles. The second-order valence-electron chi connectivity index (χ2n) is 4.34. The number of alkyl halides is 2. The molecule has 0 aliphatic heterocycles. The van der Waals surface area contributed by atoms with Crippen molar-refractivity contribution >= 4 is 5.78 Å². The van der Waals surface area contributed by atoms with Crippen LogP contribution in [-0.2, 0) is 4.79 Å². The molecule has 3 heteroatoms. The number of carbonyl (C=O) groups excluding carboxylic acids is 1. The van der Waals surface area contributed by atoms with Gasteiger partial charge in [0.2, 0.25) is 5.78 Å². The summed E-state index contributed by atoms with van der Waals surface area (Å²) in [6.07, 6.45) is 3.99. The molecule has 0 spiro atoms. The van der Waals surface area contributed by atoms with Gasteiger partial charge in [-0.3, -0.25) is 4.79 Å². The van der Waals surface area contributed by atoms with E-state index in [9.17, 15) is 13.6 Å². The summed E-state index contributed by atoms with van der Waals surface area (Å²) in [6.45, 7) is 0. The van der Waals surface area contributed by atoms with Gasteiger partial charge in [-0.15, -0.1) is 0 Å². The van der Waals surface area contributed by atoms with Gasteiger partial charge in [-0.2, -0.15) is 8.78 Å². The zero-order valence-corrected chi connectivity index (χ0v) is 7.56. The highest BCUT2D eigenvalue weighted by Crippen LogP contribution is 2.44. The molecule has 2 unspecified atom stereocenters. The Labute approximate surface area is 76.5 Å². The van der Waals surface area contributed by atoms with Gasteiger partial charge in [0.25, 0.3) is 0 Å². The molecule has 0 aromatic carbocycles. The molecule has 2 atom stereocenters. The molecule has 0 amide bonds. The quantitative estimate of drug-likeness (QED) is 0.571. The fraction of sp³-hybridized carbons (Fsp3) is 0.900. The fourth-order valence-electron chi connectivity index (χ4n) is 2.65. The van der Waals surface area contributed by atoms with Gasteiger partial charge in [0, 0.05) is 12.8 Å². The van der Waals surface area contributed by atoms with Crippen LogP contribution in [0.3, 0.4) is 0 Å². The summed E-state index contributed by atoms with van der Waals surface area (Å²) in [5.41, 5.74) is 0. The van der Waals surface area contributed by atoms with Crippen LogP contribution in [0.25, 0.3) is 0 Å². The highest BCUT2D eigenvalue weighted by atomic mass is 19.3. The van der Waals surface area contributed by atoms with Gasteiger partial charge in [-0.1, -0.05) is 12.8 Å². The maximum atomic E-state index is 13.0. The molecule has 0 N–H and O–H groups in total. The third-order valence-corrected chi connectivity index (χ3v) is 3.44. The SMILES string of the molecule is O=C1CC2CCCCC2CC1(F)F. The number of fused-ring (bicyclic) bond motifs is 1. The molecule has 0 bridgehead atoms. The van der Waals surface area contributed by atoms with E-state index in [1.54, 1.807) is 0 Å². The van der Waals surface area contributed by atoms with Crippen molar-refractivity contribution < 1.29 is 13.6 Å². The third-order valence-electron chi connectivity index (χ3n) is 3.44. The maximum absolute atomic E-state index is 13.0. The highest BCUT2D eigenvalue weighted by molar-refractivity contribution is 5.86. The molecule has 2 fully saturated rings. The standard InChI is InChI=1S/C10H14F2O/c11-10(12)6-8-4-2-1-3-7(8)5-9(10)13/h7-8H,1-6H2. The van der Waals surface area contributed by atoms with Crippen molar-refractivity contribution in [3.05, 3.63) is 0 Å². The lowest BCUT2D eigenvalue weighted by molar-refractivity contribution is -0.155. The Morgan fingerprint density at radius 3 is 2.46 bits per heavy atom. The topological polar surface area (TPSA) is 17.1 Å². The van der Waals surface area contributed by atoms with Crippen molar-refractivity contribution in [1.29, 1.82) is 0 Å². The number of hydrogen-bond acceptors (Lipinski definition) is 1. The molecule has 74 valence electrons. The second-order valence-corrected chi connectivity index (χ2v) is 4.34. The molecule has 2 rings (SSSR count). The molecule has 0 saturated heterocycles. The monoisotopic (exact) mass is 188 g/mol. The van der Waals surface area contributed by atoms with E-state index in [2.05, 4.69) is 0 Å². The summed E-state index contributed by atoms with van der Waals surface area (Å²) in [4.78, 5) is 11.0. The smallest absolute Gasteiger partial charge is 0.293 e. The zero-order valence-electron chi connectivity index (χ0n) is 7.56. The Kier molecular flexibility index (Phi) is 2.12. The molecule has 2 saturated carbocycles. The van der Waals surface area contributed by atoms with E-state index in [0.717, 1.165) is 25.7 Å². The van der Waals surface area contributed by atoms with Crippen molar-refractivity contribution in [2.75, 3.05) is 0 Å². The molecule has 0 heterocycles. The van der Waals surface area contributed by atoms with Gasteiger partial charge in [0.1, 0.15) is 0 Å². The van der Waals surface area contributed by atoms with Crippen molar-refractivity contribution in [2.45, 2.75) is 44.4 Å². The molecular weight excluding hydrogens is 174 g/mol. The van der Waals surface area contributed by atoms with E-state index < -0.39 is 11.7 Å². The van der Waals surface area contributed by atoms with Gasteiger partial charge in [-0.25, -0.2) is 0 Å². The lowest BCUT2D eigenvalue weighted by Gasteiger charge is -2.37. The maximum Gasteiger partial charge on any atom is 0.305 e. The minimum Gasteiger partial charge on any atom is -0.293 e. The number of rotatable bonds is 0. The van der Waals surface area contributed by atoms with Gasteiger partial charge in [0.15, 0.2) is 0 Å². The Balaban J connectivity index is 2.10. The number of carbonyl (C=O) groups is 1. The Morgan fingerprint density at radius 1 is 1.15 bits per heavy atom. The molecule has 13 heavy (non-hydrogen) atoms. The summed E-state index contributed by atoms with van der Waals surface area (Å²) in [7, 11) is 0. The molecule has 1 nitrogen and oxygen atoms in total. The van der Waals surface area contributed by atoms with Crippen LogP contribution >= 0.6 is 0 Å². The first-order valence-corrected chi connectivity index (χ1v) is 5.01. The largest absolute Gasteiger partial charge is 0.305 e. The average Bonchev–Trinajstić information content (AvgIpc) is 2.06. The van der Waals surface area contributed by atoms with Crippen LogP contribution in [0, 0.1) is 11.8 Å². The number of hydrogen-bond donors (Lipinski definition) is 0.